The van der Waals surface area contributed by atoms with E-state index in [2.05, 4.69) is 15.5 Å². The number of nitrogens with one attached hydrogen (secondary N) is 2. The summed E-state index contributed by atoms with van der Waals surface area (Å²) in [6.07, 6.45) is 0.682. The SMILES string of the molecule is Cc1ccc(CC(C)NC(=O)c2n[nH]c(C)c2[N+](=O)[O-])s1. The number of carbonyl (C=O) groups is 1. The van der Waals surface area contributed by atoms with Gasteiger partial charge < -0.3 is 5.32 Å². The van der Waals surface area contributed by atoms with Crippen LogP contribution in [0.1, 0.15) is 32.9 Å². The van der Waals surface area contributed by atoms with Gasteiger partial charge in [-0.25, -0.2) is 0 Å². The molecule has 0 saturated heterocycles. The summed E-state index contributed by atoms with van der Waals surface area (Å²) in [4.78, 5) is 24.8. The van der Waals surface area contributed by atoms with Crippen LogP contribution in [0.5, 0.6) is 0 Å². The number of aryl methyl sites for hydroxylation is 2. The first kappa shape index (κ1) is 15.2. The van der Waals surface area contributed by atoms with Crippen LogP contribution in [0.3, 0.4) is 0 Å². The lowest BCUT2D eigenvalue weighted by Crippen LogP contribution is -2.34. The quantitative estimate of drug-likeness (QED) is 0.654. The van der Waals surface area contributed by atoms with E-state index < -0.39 is 10.8 Å². The van der Waals surface area contributed by atoms with Crippen LogP contribution in [0, 0.1) is 24.0 Å². The molecule has 8 heteroatoms. The Hall–Kier alpha value is -2.22. The minimum atomic E-state index is -0.596. The van der Waals surface area contributed by atoms with Crippen LogP contribution >= 0.6 is 11.3 Å². The molecule has 0 aliphatic heterocycles. The second-order valence-corrected chi connectivity index (χ2v) is 6.27. The van der Waals surface area contributed by atoms with Crippen LogP contribution in [-0.2, 0) is 6.42 Å². The van der Waals surface area contributed by atoms with Crippen molar-refractivity contribution in [2.75, 3.05) is 0 Å². The van der Waals surface area contributed by atoms with Crippen LogP contribution in [0.2, 0.25) is 0 Å². The fraction of sp³-hybridized carbons (Fsp3) is 0.385. The van der Waals surface area contributed by atoms with E-state index in [1.54, 1.807) is 11.3 Å². The normalized spacial score (nSPS) is 12.1. The molecule has 7 nitrogen and oxygen atoms in total. The van der Waals surface area contributed by atoms with E-state index in [1.165, 1.54) is 11.8 Å². The van der Waals surface area contributed by atoms with Gasteiger partial charge in [0, 0.05) is 22.2 Å². The Labute approximate surface area is 125 Å². The Kier molecular flexibility index (Phi) is 4.37. The molecule has 0 aliphatic rings. The van der Waals surface area contributed by atoms with Gasteiger partial charge in [-0.1, -0.05) is 0 Å². The average Bonchev–Trinajstić information content (AvgIpc) is 2.95. The maximum Gasteiger partial charge on any atom is 0.322 e. The molecule has 0 bridgehead atoms. The van der Waals surface area contributed by atoms with Gasteiger partial charge in [0.1, 0.15) is 5.69 Å². The van der Waals surface area contributed by atoms with E-state index in [0.717, 1.165) is 4.88 Å². The maximum atomic E-state index is 12.1. The standard InChI is InChI=1S/C13H16N4O3S/c1-7(6-10-5-4-8(2)21-10)14-13(18)11-12(17(19)20)9(3)15-16-11/h4-5,7H,6H2,1-3H3,(H,14,18)(H,15,16). The number of aromatic amines is 1. The van der Waals surface area contributed by atoms with Gasteiger partial charge in [-0.05, 0) is 32.9 Å². The number of rotatable bonds is 5. The Morgan fingerprint density at radius 1 is 1.52 bits per heavy atom. The fourth-order valence-electron chi connectivity index (χ4n) is 2.04. The predicted molar refractivity (Wildman–Crippen MR) is 79.7 cm³/mol. The molecule has 0 saturated carbocycles. The van der Waals surface area contributed by atoms with Crippen molar-refractivity contribution in [1.29, 1.82) is 0 Å². The summed E-state index contributed by atoms with van der Waals surface area (Å²) < 4.78 is 0. The van der Waals surface area contributed by atoms with Crippen molar-refractivity contribution in [3.63, 3.8) is 0 Å². The van der Waals surface area contributed by atoms with Gasteiger partial charge in [-0.15, -0.1) is 11.3 Å². The molecule has 0 fully saturated rings. The van der Waals surface area contributed by atoms with Crippen LogP contribution in [0.4, 0.5) is 5.69 Å². The molecule has 0 aromatic carbocycles. The minimum absolute atomic E-state index is 0.132. The van der Waals surface area contributed by atoms with Crippen molar-refractivity contribution in [2.24, 2.45) is 0 Å². The number of aromatic nitrogens is 2. The lowest BCUT2D eigenvalue weighted by Gasteiger charge is -2.11. The zero-order valence-electron chi connectivity index (χ0n) is 12.0. The summed E-state index contributed by atoms with van der Waals surface area (Å²) in [6, 6.07) is 3.91. The lowest BCUT2D eigenvalue weighted by molar-refractivity contribution is -0.385. The first-order chi connectivity index (χ1) is 9.88. The van der Waals surface area contributed by atoms with Crippen LogP contribution < -0.4 is 5.32 Å². The van der Waals surface area contributed by atoms with Crippen molar-refractivity contribution in [3.8, 4) is 0 Å². The summed E-state index contributed by atoms with van der Waals surface area (Å²) >= 11 is 1.67. The average molecular weight is 308 g/mol. The monoisotopic (exact) mass is 308 g/mol. The molecule has 1 atom stereocenters. The molecular formula is C13H16N4O3S. The third kappa shape index (κ3) is 3.46. The summed E-state index contributed by atoms with van der Waals surface area (Å²) in [5, 5.41) is 19.9. The van der Waals surface area contributed by atoms with E-state index in [1.807, 2.05) is 26.0 Å². The fourth-order valence-corrected chi connectivity index (χ4v) is 3.06. The number of nitro groups is 1. The van der Waals surface area contributed by atoms with Crippen molar-refractivity contribution < 1.29 is 9.72 Å². The first-order valence-corrected chi connectivity index (χ1v) is 7.25. The number of carbonyl (C=O) groups excluding carboxylic acids is 1. The summed E-state index contributed by atoms with van der Waals surface area (Å²) in [6.45, 7) is 5.39. The van der Waals surface area contributed by atoms with Crippen molar-refractivity contribution in [1.82, 2.24) is 15.5 Å². The number of hydrogen-bond acceptors (Lipinski definition) is 5. The molecular weight excluding hydrogens is 292 g/mol. The molecule has 2 heterocycles. The highest BCUT2D eigenvalue weighted by molar-refractivity contribution is 7.11. The van der Waals surface area contributed by atoms with E-state index in [4.69, 9.17) is 0 Å². The topological polar surface area (TPSA) is 101 Å². The van der Waals surface area contributed by atoms with Crippen molar-refractivity contribution in [3.05, 3.63) is 43.4 Å². The maximum absolute atomic E-state index is 12.1. The highest BCUT2D eigenvalue weighted by Crippen LogP contribution is 2.20. The van der Waals surface area contributed by atoms with Gasteiger partial charge in [0.05, 0.1) is 4.92 Å². The van der Waals surface area contributed by atoms with E-state index in [9.17, 15) is 14.9 Å². The molecule has 0 aliphatic carbocycles. The molecule has 21 heavy (non-hydrogen) atoms. The van der Waals surface area contributed by atoms with Crippen molar-refractivity contribution in [2.45, 2.75) is 33.2 Å². The molecule has 1 unspecified atom stereocenters. The van der Waals surface area contributed by atoms with E-state index in [-0.39, 0.29) is 23.1 Å². The molecule has 112 valence electrons. The Morgan fingerprint density at radius 2 is 2.24 bits per heavy atom. The summed E-state index contributed by atoms with van der Waals surface area (Å²) in [5.74, 6) is -0.535. The number of H-pyrrole nitrogens is 1. The van der Waals surface area contributed by atoms with Crippen LogP contribution in [0.25, 0.3) is 0 Å². The van der Waals surface area contributed by atoms with Gasteiger partial charge >= 0.3 is 5.69 Å². The smallest absolute Gasteiger partial charge is 0.322 e. The molecule has 2 rings (SSSR count). The molecule has 1 amide bonds. The molecule has 0 spiro atoms. The van der Waals surface area contributed by atoms with Gasteiger partial charge in [-0.3, -0.25) is 20.0 Å². The van der Waals surface area contributed by atoms with E-state index >= 15 is 0 Å². The third-order valence-corrected chi connectivity index (χ3v) is 4.02. The highest BCUT2D eigenvalue weighted by atomic mass is 32.1. The Balaban J connectivity index is 2.06. The number of nitrogens with zero attached hydrogens (tertiary/aromatic N) is 2. The van der Waals surface area contributed by atoms with Gasteiger partial charge in [0.25, 0.3) is 5.91 Å². The Morgan fingerprint density at radius 3 is 2.81 bits per heavy atom. The van der Waals surface area contributed by atoms with E-state index in [0.29, 0.717) is 6.42 Å². The zero-order valence-corrected chi connectivity index (χ0v) is 12.8. The lowest BCUT2D eigenvalue weighted by atomic mass is 10.2. The van der Waals surface area contributed by atoms with Crippen LogP contribution in [-0.4, -0.2) is 27.1 Å². The molecule has 2 aromatic rings. The zero-order chi connectivity index (χ0) is 15.6. The van der Waals surface area contributed by atoms with Gasteiger partial charge in [-0.2, -0.15) is 5.10 Å². The van der Waals surface area contributed by atoms with Gasteiger partial charge in [0.15, 0.2) is 0 Å². The Bertz CT molecular complexity index is 677. The molecule has 2 aromatic heterocycles. The van der Waals surface area contributed by atoms with Gasteiger partial charge in [0.2, 0.25) is 5.69 Å². The molecule has 0 radical (unpaired) electrons. The number of amides is 1. The summed E-state index contributed by atoms with van der Waals surface area (Å²) in [5.41, 5.74) is -0.176. The third-order valence-electron chi connectivity index (χ3n) is 2.99. The number of hydrogen-bond donors (Lipinski definition) is 2. The predicted octanol–water partition coefficient (Wildman–Crippen LogP) is 2.36. The molecule has 2 N–H and O–H groups in total. The second kappa shape index (κ2) is 6.04. The second-order valence-electron chi connectivity index (χ2n) is 4.89. The van der Waals surface area contributed by atoms with Crippen molar-refractivity contribution >= 4 is 22.9 Å². The first-order valence-electron chi connectivity index (χ1n) is 6.44. The largest absolute Gasteiger partial charge is 0.348 e. The number of thiophene rings is 1. The highest BCUT2D eigenvalue weighted by Gasteiger charge is 2.27. The minimum Gasteiger partial charge on any atom is -0.348 e. The van der Waals surface area contributed by atoms with Crippen LogP contribution in [0.15, 0.2) is 12.1 Å². The summed E-state index contributed by atoms with van der Waals surface area (Å²) in [7, 11) is 0.